The number of nitrogens with zero attached hydrogens (tertiary/aromatic N) is 1. The summed E-state index contributed by atoms with van der Waals surface area (Å²) in [7, 11) is 4.61. The van der Waals surface area contributed by atoms with E-state index in [9.17, 15) is 15.0 Å². The number of benzene rings is 1. The van der Waals surface area contributed by atoms with Crippen LogP contribution < -0.4 is 14.2 Å². The van der Waals surface area contributed by atoms with Gasteiger partial charge in [-0.2, -0.15) is 0 Å². The molecule has 1 heterocycles. The third kappa shape index (κ3) is 3.86. The molecule has 0 aromatic heterocycles. The molecule has 0 amide bonds. The average Bonchev–Trinajstić information content (AvgIpc) is 2.55. The van der Waals surface area contributed by atoms with E-state index in [0.29, 0.717) is 36.8 Å². The van der Waals surface area contributed by atoms with Crippen LogP contribution in [0.4, 0.5) is 0 Å². The highest BCUT2D eigenvalue weighted by Crippen LogP contribution is 2.38. The van der Waals surface area contributed by atoms with E-state index in [2.05, 4.69) is 0 Å². The first kappa shape index (κ1) is 17.4. The van der Waals surface area contributed by atoms with Crippen molar-refractivity contribution in [2.45, 2.75) is 31.5 Å². The fourth-order valence-corrected chi connectivity index (χ4v) is 2.90. The average molecular weight is 325 g/mol. The summed E-state index contributed by atoms with van der Waals surface area (Å²) >= 11 is 0. The van der Waals surface area contributed by atoms with Gasteiger partial charge >= 0.3 is 5.97 Å². The Morgan fingerprint density at radius 1 is 1.22 bits per heavy atom. The van der Waals surface area contributed by atoms with Gasteiger partial charge in [0.05, 0.1) is 27.4 Å². The quantitative estimate of drug-likeness (QED) is 0.810. The Hall–Kier alpha value is -1.99. The first-order valence-electron chi connectivity index (χ1n) is 7.44. The van der Waals surface area contributed by atoms with Gasteiger partial charge in [-0.3, -0.25) is 9.69 Å². The zero-order valence-corrected chi connectivity index (χ0v) is 13.6. The summed E-state index contributed by atoms with van der Waals surface area (Å²) in [4.78, 5) is 13.3. The number of methoxy groups -OCH3 is 3. The number of rotatable bonds is 6. The van der Waals surface area contributed by atoms with Gasteiger partial charge in [0.1, 0.15) is 6.04 Å². The molecule has 1 aliphatic rings. The first-order chi connectivity index (χ1) is 11.0. The highest BCUT2D eigenvalue weighted by Gasteiger charge is 2.32. The van der Waals surface area contributed by atoms with Crippen LogP contribution in [0.3, 0.4) is 0 Å². The molecular weight excluding hydrogens is 302 g/mol. The molecule has 2 N–H and O–H groups in total. The van der Waals surface area contributed by atoms with E-state index in [1.165, 1.54) is 7.11 Å². The van der Waals surface area contributed by atoms with Crippen molar-refractivity contribution in [2.24, 2.45) is 0 Å². The van der Waals surface area contributed by atoms with Gasteiger partial charge in [-0.05, 0) is 30.5 Å². The van der Waals surface area contributed by atoms with Gasteiger partial charge < -0.3 is 24.4 Å². The minimum absolute atomic E-state index is 0.236. The lowest BCUT2D eigenvalue weighted by atomic mass is 9.98. The third-order valence-electron chi connectivity index (χ3n) is 4.08. The van der Waals surface area contributed by atoms with Crippen molar-refractivity contribution in [1.29, 1.82) is 0 Å². The second-order valence-electron chi connectivity index (χ2n) is 5.54. The summed E-state index contributed by atoms with van der Waals surface area (Å²) in [6.45, 7) is 0.954. The number of piperidine rings is 1. The van der Waals surface area contributed by atoms with Crippen LogP contribution in [0.5, 0.6) is 17.2 Å². The molecule has 1 aromatic rings. The summed E-state index contributed by atoms with van der Waals surface area (Å²) in [5, 5.41) is 19.1. The van der Waals surface area contributed by atoms with Gasteiger partial charge in [0.25, 0.3) is 0 Å². The lowest BCUT2D eigenvalue weighted by molar-refractivity contribution is -0.146. The van der Waals surface area contributed by atoms with Crippen LogP contribution >= 0.6 is 0 Å². The Bertz CT molecular complexity index is 536. The van der Waals surface area contributed by atoms with Crippen LogP contribution in [0, 0.1) is 0 Å². The zero-order chi connectivity index (χ0) is 17.0. The van der Waals surface area contributed by atoms with Crippen LogP contribution in [0.1, 0.15) is 18.4 Å². The van der Waals surface area contributed by atoms with E-state index >= 15 is 0 Å². The summed E-state index contributed by atoms with van der Waals surface area (Å²) in [6, 6.07) is 2.93. The van der Waals surface area contributed by atoms with Gasteiger partial charge in [-0.15, -0.1) is 0 Å². The molecule has 0 saturated carbocycles. The van der Waals surface area contributed by atoms with Crippen molar-refractivity contribution in [3.63, 3.8) is 0 Å². The predicted molar refractivity (Wildman–Crippen MR) is 83.2 cm³/mol. The fourth-order valence-electron chi connectivity index (χ4n) is 2.90. The third-order valence-corrected chi connectivity index (χ3v) is 4.08. The largest absolute Gasteiger partial charge is 0.493 e. The molecule has 2 atom stereocenters. The van der Waals surface area contributed by atoms with Crippen LogP contribution in [-0.4, -0.2) is 61.1 Å². The van der Waals surface area contributed by atoms with Crippen molar-refractivity contribution in [3.8, 4) is 17.2 Å². The van der Waals surface area contributed by atoms with Crippen molar-refractivity contribution in [2.75, 3.05) is 27.9 Å². The van der Waals surface area contributed by atoms with Gasteiger partial charge in [0.15, 0.2) is 11.5 Å². The van der Waals surface area contributed by atoms with Crippen molar-refractivity contribution in [1.82, 2.24) is 4.90 Å². The number of carboxylic acid groups (broad SMARTS) is 1. The van der Waals surface area contributed by atoms with E-state index in [0.717, 1.165) is 5.56 Å². The number of aliphatic carboxylic acids is 1. The van der Waals surface area contributed by atoms with Crippen LogP contribution in [0.15, 0.2) is 12.1 Å². The van der Waals surface area contributed by atoms with Crippen molar-refractivity contribution < 1.29 is 29.2 Å². The normalized spacial score (nSPS) is 21.7. The van der Waals surface area contributed by atoms with Gasteiger partial charge in [0, 0.05) is 13.1 Å². The van der Waals surface area contributed by atoms with E-state index < -0.39 is 18.1 Å². The maximum atomic E-state index is 11.4. The molecule has 0 radical (unpaired) electrons. The second-order valence-corrected chi connectivity index (χ2v) is 5.54. The standard InChI is InChI=1S/C16H23NO6/c1-21-13-6-10(7-14(22-2)15(13)23-3)9-17-5-4-11(18)8-12(17)16(19)20/h6-7,11-12,18H,4-5,8-9H2,1-3H3,(H,19,20)/t11-,12+/m0/s1. The van der Waals surface area contributed by atoms with Crippen LogP contribution in [0.2, 0.25) is 0 Å². The Morgan fingerprint density at radius 3 is 2.30 bits per heavy atom. The number of likely N-dealkylation sites (tertiary alicyclic amines) is 1. The zero-order valence-electron chi connectivity index (χ0n) is 13.6. The van der Waals surface area contributed by atoms with Crippen molar-refractivity contribution >= 4 is 5.97 Å². The van der Waals surface area contributed by atoms with Crippen LogP contribution in [0.25, 0.3) is 0 Å². The maximum Gasteiger partial charge on any atom is 0.321 e. The minimum Gasteiger partial charge on any atom is -0.493 e. The fraction of sp³-hybridized carbons (Fsp3) is 0.562. The molecule has 7 heteroatoms. The predicted octanol–water partition coefficient (Wildman–Crippen LogP) is 1.12. The Morgan fingerprint density at radius 2 is 1.83 bits per heavy atom. The minimum atomic E-state index is -0.920. The number of carbonyl (C=O) groups is 1. The number of ether oxygens (including phenoxy) is 3. The number of aliphatic hydroxyl groups excluding tert-OH is 1. The molecule has 2 rings (SSSR count). The van der Waals surface area contributed by atoms with E-state index in [1.54, 1.807) is 14.2 Å². The molecule has 0 spiro atoms. The summed E-state index contributed by atoms with van der Waals surface area (Å²) < 4.78 is 15.9. The summed E-state index contributed by atoms with van der Waals surface area (Å²) in [5.41, 5.74) is 0.863. The summed E-state index contributed by atoms with van der Waals surface area (Å²) in [5.74, 6) is 0.648. The number of aliphatic hydroxyl groups is 1. The molecule has 7 nitrogen and oxygen atoms in total. The Labute approximate surface area is 135 Å². The molecule has 1 saturated heterocycles. The topological polar surface area (TPSA) is 88.5 Å². The molecular formula is C16H23NO6. The van der Waals surface area contributed by atoms with E-state index in [1.807, 2.05) is 17.0 Å². The molecule has 23 heavy (non-hydrogen) atoms. The smallest absolute Gasteiger partial charge is 0.321 e. The van der Waals surface area contributed by atoms with E-state index in [4.69, 9.17) is 14.2 Å². The van der Waals surface area contributed by atoms with Gasteiger partial charge in [-0.1, -0.05) is 0 Å². The number of carboxylic acids is 1. The van der Waals surface area contributed by atoms with Crippen molar-refractivity contribution in [3.05, 3.63) is 17.7 Å². The monoisotopic (exact) mass is 325 g/mol. The van der Waals surface area contributed by atoms with Gasteiger partial charge in [0.2, 0.25) is 5.75 Å². The highest BCUT2D eigenvalue weighted by atomic mass is 16.5. The molecule has 0 bridgehead atoms. The molecule has 128 valence electrons. The number of hydrogen-bond acceptors (Lipinski definition) is 6. The summed E-state index contributed by atoms with van der Waals surface area (Å²) in [6.07, 6.45) is 0.237. The molecule has 1 fully saturated rings. The molecule has 1 aromatic carbocycles. The maximum absolute atomic E-state index is 11.4. The van der Waals surface area contributed by atoms with Crippen LogP contribution in [-0.2, 0) is 11.3 Å². The molecule has 0 aliphatic carbocycles. The Balaban J connectivity index is 2.26. The number of hydrogen-bond donors (Lipinski definition) is 2. The van der Waals surface area contributed by atoms with E-state index in [-0.39, 0.29) is 6.42 Å². The van der Waals surface area contributed by atoms with Gasteiger partial charge in [-0.25, -0.2) is 0 Å². The second kappa shape index (κ2) is 7.52. The molecule has 0 unspecified atom stereocenters. The lowest BCUT2D eigenvalue weighted by Gasteiger charge is -2.35. The molecule has 1 aliphatic heterocycles. The lowest BCUT2D eigenvalue weighted by Crippen LogP contribution is -2.48. The highest BCUT2D eigenvalue weighted by molar-refractivity contribution is 5.73. The Kier molecular flexibility index (Phi) is 5.68. The first-order valence-corrected chi connectivity index (χ1v) is 7.44. The SMILES string of the molecule is COc1cc(CN2CC[C@H](O)C[C@@H]2C(=O)O)cc(OC)c1OC.